The van der Waals surface area contributed by atoms with Crippen molar-refractivity contribution in [3.05, 3.63) is 33.4 Å². The molecule has 0 atom stereocenters. The first kappa shape index (κ1) is 13.7. The highest BCUT2D eigenvalue weighted by Gasteiger charge is 2.11. The molecule has 1 aromatic heterocycles. The van der Waals surface area contributed by atoms with E-state index in [-0.39, 0.29) is 0 Å². The number of benzene rings is 1. The Hall–Kier alpha value is -0.700. The van der Waals surface area contributed by atoms with Gasteiger partial charge in [0.05, 0.1) is 10.5 Å². The number of aryl methyl sites for hydroxylation is 1. The van der Waals surface area contributed by atoms with Gasteiger partial charge in [-0.05, 0) is 37.1 Å². The molecule has 0 amide bonds. The molecule has 0 saturated carbocycles. The summed E-state index contributed by atoms with van der Waals surface area (Å²) >= 11 is 12.3. The zero-order chi connectivity index (χ0) is 13.3. The predicted octanol–water partition coefficient (Wildman–Crippen LogP) is 4.53. The van der Waals surface area contributed by atoms with Crippen molar-refractivity contribution >= 4 is 34.1 Å². The van der Waals surface area contributed by atoms with Gasteiger partial charge in [-0.2, -0.15) is 0 Å². The topological polar surface area (TPSA) is 27.8 Å². The maximum Gasteiger partial charge on any atom is 0.0662 e. The lowest BCUT2D eigenvalue weighted by Crippen LogP contribution is -2.19. The van der Waals surface area contributed by atoms with Crippen LogP contribution in [0, 0.1) is 12.8 Å². The van der Waals surface area contributed by atoms with Crippen molar-refractivity contribution in [2.75, 3.05) is 6.54 Å². The number of nitrogens with one attached hydrogen (secondary N) is 2. The number of halogens is 2. The van der Waals surface area contributed by atoms with Crippen LogP contribution in [0.2, 0.25) is 10.0 Å². The van der Waals surface area contributed by atoms with E-state index in [1.54, 1.807) is 6.07 Å². The van der Waals surface area contributed by atoms with Crippen LogP contribution in [-0.4, -0.2) is 11.5 Å². The highest BCUT2D eigenvalue weighted by atomic mass is 35.5. The van der Waals surface area contributed by atoms with E-state index in [1.165, 1.54) is 5.56 Å². The normalized spacial score (nSPS) is 11.7. The summed E-state index contributed by atoms with van der Waals surface area (Å²) in [5.74, 6) is 0.641. The zero-order valence-corrected chi connectivity index (χ0v) is 12.4. The molecule has 0 unspecified atom stereocenters. The van der Waals surface area contributed by atoms with E-state index < -0.39 is 0 Å². The Morgan fingerprint density at radius 3 is 2.67 bits per heavy atom. The van der Waals surface area contributed by atoms with Gasteiger partial charge in [0.15, 0.2) is 0 Å². The fourth-order valence-electron chi connectivity index (χ4n) is 2.12. The summed E-state index contributed by atoms with van der Waals surface area (Å²) in [6.07, 6.45) is 0. The maximum atomic E-state index is 6.20. The minimum atomic E-state index is 0.641. The van der Waals surface area contributed by atoms with Gasteiger partial charge in [-0.15, -0.1) is 0 Å². The van der Waals surface area contributed by atoms with E-state index >= 15 is 0 Å². The third-order valence-corrected chi connectivity index (χ3v) is 3.52. The summed E-state index contributed by atoms with van der Waals surface area (Å²) in [7, 11) is 0. The Bertz CT molecular complexity index is 558. The van der Waals surface area contributed by atoms with Crippen LogP contribution in [0.4, 0.5) is 0 Å². The minimum absolute atomic E-state index is 0.641. The summed E-state index contributed by atoms with van der Waals surface area (Å²) in [5, 5.41) is 5.92. The quantitative estimate of drug-likeness (QED) is 0.848. The monoisotopic (exact) mass is 284 g/mol. The van der Waals surface area contributed by atoms with Gasteiger partial charge >= 0.3 is 0 Å². The molecule has 0 bridgehead atoms. The molecule has 0 radical (unpaired) electrons. The smallest absolute Gasteiger partial charge is 0.0662 e. The summed E-state index contributed by atoms with van der Waals surface area (Å²) in [4.78, 5) is 3.33. The summed E-state index contributed by atoms with van der Waals surface area (Å²) in [5.41, 5.74) is 3.36. The lowest BCUT2D eigenvalue weighted by Gasteiger charge is -2.07. The summed E-state index contributed by atoms with van der Waals surface area (Å²) in [6.45, 7) is 8.29. The summed E-state index contributed by atoms with van der Waals surface area (Å²) < 4.78 is 0. The molecule has 4 heteroatoms. The van der Waals surface area contributed by atoms with Gasteiger partial charge in [0.25, 0.3) is 0 Å². The Labute approximate surface area is 118 Å². The molecule has 2 aromatic rings. The van der Waals surface area contributed by atoms with Crippen molar-refractivity contribution in [1.82, 2.24) is 10.3 Å². The first-order chi connectivity index (χ1) is 8.49. The molecule has 1 heterocycles. The molecule has 1 aromatic carbocycles. The van der Waals surface area contributed by atoms with E-state index in [4.69, 9.17) is 23.2 Å². The van der Waals surface area contributed by atoms with Crippen LogP contribution < -0.4 is 5.32 Å². The number of hydrogen-bond acceptors (Lipinski definition) is 1. The zero-order valence-electron chi connectivity index (χ0n) is 10.9. The average Bonchev–Trinajstić information content (AvgIpc) is 2.56. The second-order valence-corrected chi connectivity index (χ2v) is 5.91. The van der Waals surface area contributed by atoms with Crippen LogP contribution in [0.5, 0.6) is 0 Å². The van der Waals surface area contributed by atoms with Crippen LogP contribution in [0.15, 0.2) is 12.1 Å². The van der Waals surface area contributed by atoms with E-state index in [0.717, 1.165) is 29.7 Å². The van der Waals surface area contributed by atoms with Crippen LogP contribution in [0.25, 0.3) is 10.9 Å². The molecular formula is C14H18Cl2N2. The van der Waals surface area contributed by atoms with Gasteiger partial charge in [-0.25, -0.2) is 0 Å². The van der Waals surface area contributed by atoms with Gasteiger partial charge < -0.3 is 10.3 Å². The van der Waals surface area contributed by atoms with Gasteiger partial charge in [0.2, 0.25) is 0 Å². The number of hydrogen-bond donors (Lipinski definition) is 2. The molecule has 0 aliphatic carbocycles. The van der Waals surface area contributed by atoms with Crippen LogP contribution in [-0.2, 0) is 6.54 Å². The molecule has 0 saturated heterocycles. The van der Waals surface area contributed by atoms with E-state index in [9.17, 15) is 0 Å². The molecular weight excluding hydrogens is 267 g/mol. The fourth-order valence-corrected chi connectivity index (χ4v) is 2.66. The Kier molecular flexibility index (Phi) is 4.21. The average molecular weight is 285 g/mol. The molecule has 98 valence electrons. The van der Waals surface area contributed by atoms with E-state index in [1.807, 2.05) is 6.07 Å². The summed E-state index contributed by atoms with van der Waals surface area (Å²) in [6, 6.07) is 3.74. The Morgan fingerprint density at radius 2 is 2.00 bits per heavy atom. The van der Waals surface area contributed by atoms with Crippen molar-refractivity contribution in [2.24, 2.45) is 5.92 Å². The van der Waals surface area contributed by atoms with Gasteiger partial charge in [0.1, 0.15) is 0 Å². The highest BCUT2D eigenvalue weighted by molar-refractivity contribution is 6.38. The number of H-pyrrole nitrogens is 1. The third kappa shape index (κ3) is 2.82. The van der Waals surface area contributed by atoms with Gasteiger partial charge in [-0.3, -0.25) is 0 Å². The molecule has 0 aliphatic heterocycles. The molecule has 0 spiro atoms. The first-order valence-electron chi connectivity index (χ1n) is 6.16. The lowest BCUT2D eigenvalue weighted by molar-refractivity contribution is 0.552. The van der Waals surface area contributed by atoms with Gasteiger partial charge in [0, 0.05) is 22.6 Å². The predicted molar refractivity (Wildman–Crippen MR) is 79.6 cm³/mol. The first-order valence-corrected chi connectivity index (χ1v) is 6.91. The van der Waals surface area contributed by atoms with Crippen molar-refractivity contribution in [3.63, 3.8) is 0 Å². The Morgan fingerprint density at radius 1 is 1.28 bits per heavy atom. The Balaban J connectivity index is 2.34. The van der Waals surface area contributed by atoms with E-state index in [2.05, 4.69) is 31.1 Å². The number of aromatic nitrogens is 1. The van der Waals surface area contributed by atoms with E-state index in [0.29, 0.717) is 16.0 Å². The fraction of sp³-hybridized carbons (Fsp3) is 0.429. The van der Waals surface area contributed by atoms with Crippen molar-refractivity contribution in [3.8, 4) is 0 Å². The number of fused-ring (bicyclic) bond motifs is 1. The lowest BCUT2D eigenvalue weighted by atomic mass is 10.1. The van der Waals surface area contributed by atoms with Crippen molar-refractivity contribution in [2.45, 2.75) is 27.3 Å². The molecule has 18 heavy (non-hydrogen) atoms. The second kappa shape index (κ2) is 5.52. The van der Waals surface area contributed by atoms with Crippen molar-refractivity contribution < 1.29 is 0 Å². The number of rotatable bonds is 4. The molecule has 0 fully saturated rings. The SMILES string of the molecule is Cc1[nH]c2c(Cl)cc(Cl)cc2c1CNCC(C)C. The third-order valence-electron chi connectivity index (χ3n) is 3.00. The van der Waals surface area contributed by atoms with Crippen molar-refractivity contribution in [1.29, 1.82) is 0 Å². The maximum absolute atomic E-state index is 6.20. The molecule has 2 rings (SSSR count). The number of aromatic amines is 1. The molecule has 2 N–H and O–H groups in total. The highest BCUT2D eigenvalue weighted by Crippen LogP contribution is 2.31. The van der Waals surface area contributed by atoms with Crippen LogP contribution in [0.1, 0.15) is 25.1 Å². The largest absolute Gasteiger partial charge is 0.357 e. The molecule has 0 aliphatic rings. The van der Waals surface area contributed by atoms with Crippen LogP contribution in [0.3, 0.4) is 0 Å². The molecule has 2 nitrogen and oxygen atoms in total. The standard InChI is InChI=1S/C14H18Cl2N2/c1-8(2)6-17-7-12-9(3)18-14-11(12)4-10(15)5-13(14)16/h4-5,8,17-18H,6-7H2,1-3H3. The minimum Gasteiger partial charge on any atom is -0.357 e. The van der Waals surface area contributed by atoms with Gasteiger partial charge in [-0.1, -0.05) is 37.0 Å². The van der Waals surface area contributed by atoms with Crippen LogP contribution >= 0.6 is 23.2 Å². The second-order valence-electron chi connectivity index (χ2n) is 5.06.